The summed E-state index contributed by atoms with van der Waals surface area (Å²) in [5.41, 5.74) is 3.61. The highest BCUT2D eigenvalue weighted by atomic mass is 32.2. The molecule has 0 radical (unpaired) electrons. The third kappa shape index (κ3) is 4.44. The summed E-state index contributed by atoms with van der Waals surface area (Å²) in [5, 5.41) is 0. The molecule has 0 fully saturated rings. The van der Waals surface area contributed by atoms with Crippen molar-refractivity contribution in [3.05, 3.63) is 34.9 Å². The molecule has 0 aliphatic rings. The molecule has 15 heavy (non-hydrogen) atoms. The molecule has 0 aliphatic heterocycles. The van der Waals surface area contributed by atoms with Gasteiger partial charge in [0.1, 0.15) is 0 Å². The Morgan fingerprint density at radius 1 is 1.27 bits per heavy atom. The van der Waals surface area contributed by atoms with E-state index in [0.717, 1.165) is 6.42 Å². The predicted molar refractivity (Wildman–Crippen MR) is 62.5 cm³/mol. The number of hydrogen-bond acceptors (Lipinski definition) is 2. The van der Waals surface area contributed by atoms with Crippen LogP contribution in [-0.4, -0.2) is 21.2 Å². The van der Waals surface area contributed by atoms with E-state index >= 15 is 0 Å². The Morgan fingerprint density at radius 2 is 1.93 bits per heavy atom. The molecule has 0 bridgehead atoms. The van der Waals surface area contributed by atoms with Gasteiger partial charge in [-0.3, -0.25) is 0 Å². The molecule has 0 heterocycles. The number of hydrogen-bond donors (Lipinski definition) is 1. The van der Waals surface area contributed by atoms with Crippen LogP contribution in [0.5, 0.6) is 0 Å². The minimum Gasteiger partial charge on any atom is -0.215 e. The van der Waals surface area contributed by atoms with Crippen molar-refractivity contribution >= 4 is 10.0 Å². The van der Waals surface area contributed by atoms with Crippen molar-refractivity contribution in [2.45, 2.75) is 20.3 Å². The summed E-state index contributed by atoms with van der Waals surface area (Å²) in [5.74, 6) is 0. The average Bonchev–Trinajstić information content (AvgIpc) is 2.09. The standard InChI is InChI=1S/C11H17NO2S/c1-9-4-5-10(2)11(8-9)6-7-12-15(3,13)14/h4-5,8,12H,6-7H2,1-3H3. The first-order chi connectivity index (χ1) is 6.88. The maximum atomic E-state index is 10.9. The maximum Gasteiger partial charge on any atom is 0.208 e. The molecule has 0 amide bonds. The second-order valence-electron chi connectivity index (χ2n) is 3.85. The van der Waals surface area contributed by atoms with E-state index in [0.29, 0.717) is 6.54 Å². The van der Waals surface area contributed by atoms with Crippen LogP contribution < -0.4 is 4.72 Å². The zero-order valence-electron chi connectivity index (χ0n) is 9.37. The van der Waals surface area contributed by atoms with E-state index < -0.39 is 10.0 Å². The Morgan fingerprint density at radius 3 is 2.53 bits per heavy atom. The van der Waals surface area contributed by atoms with Gasteiger partial charge in [-0.15, -0.1) is 0 Å². The summed E-state index contributed by atoms with van der Waals surface area (Å²) >= 11 is 0. The van der Waals surface area contributed by atoms with Crippen LogP contribution in [0.25, 0.3) is 0 Å². The second kappa shape index (κ2) is 4.77. The highest BCUT2D eigenvalue weighted by Crippen LogP contribution is 2.10. The van der Waals surface area contributed by atoms with E-state index in [1.165, 1.54) is 22.9 Å². The van der Waals surface area contributed by atoms with Crippen molar-refractivity contribution in [2.75, 3.05) is 12.8 Å². The van der Waals surface area contributed by atoms with Gasteiger partial charge in [0.05, 0.1) is 6.26 Å². The van der Waals surface area contributed by atoms with Crippen LogP contribution in [0.15, 0.2) is 18.2 Å². The lowest BCUT2D eigenvalue weighted by molar-refractivity contribution is 0.588. The molecular weight excluding hydrogens is 210 g/mol. The van der Waals surface area contributed by atoms with E-state index in [4.69, 9.17) is 0 Å². The van der Waals surface area contributed by atoms with Crippen LogP contribution in [0.4, 0.5) is 0 Å². The molecule has 0 aromatic heterocycles. The van der Waals surface area contributed by atoms with Gasteiger partial charge in [-0.05, 0) is 31.4 Å². The fraction of sp³-hybridized carbons (Fsp3) is 0.455. The fourth-order valence-corrected chi connectivity index (χ4v) is 1.91. The van der Waals surface area contributed by atoms with Gasteiger partial charge in [-0.1, -0.05) is 23.8 Å². The zero-order valence-corrected chi connectivity index (χ0v) is 10.2. The summed E-state index contributed by atoms with van der Waals surface area (Å²) in [6.45, 7) is 4.53. The Hall–Kier alpha value is -0.870. The third-order valence-electron chi connectivity index (χ3n) is 2.26. The number of nitrogens with one attached hydrogen (secondary N) is 1. The van der Waals surface area contributed by atoms with Gasteiger partial charge < -0.3 is 0 Å². The number of aryl methyl sites for hydroxylation is 2. The van der Waals surface area contributed by atoms with Crippen LogP contribution >= 0.6 is 0 Å². The summed E-state index contributed by atoms with van der Waals surface area (Å²) in [6, 6.07) is 6.22. The van der Waals surface area contributed by atoms with Gasteiger partial charge in [0.25, 0.3) is 0 Å². The first-order valence-electron chi connectivity index (χ1n) is 4.89. The minimum absolute atomic E-state index is 0.461. The largest absolute Gasteiger partial charge is 0.215 e. The first-order valence-corrected chi connectivity index (χ1v) is 6.78. The highest BCUT2D eigenvalue weighted by molar-refractivity contribution is 7.88. The van der Waals surface area contributed by atoms with Crippen molar-refractivity contribution in [1.29, 1.82) is 0 Å². The molecule has 1 N–H and O–H groups in total. The van der Waals surface area contributed by atoms with E-state index in [9.17, 15) is 8.42 Å². The van der Waals surface area contributed by atoms with Crippen molar-refractivity contribution < 1.29 is 8.42 Å². The Kier molecular flexibility index (Phi) is 3.88. The van der Waals surface area contributed by atoms with Crippen LogP contribution in [0, 0.1) is 13.8 Å². The van der Waals surface area contributed by atoms with Crippen LogP contribution in [0.2, 0.25) is 0 Å². The molecule has 84 valence electrons. The van der Waals surface area contributed by atoms with E-state index in [2.05, 4.69) is 22.9 Å². The number of rotatable bonds is 4. The van der Waals surface area contributed by atoms with Gasteiger partial charge in [0.15, 0.2) is 0 Å². The molecule has 1 aromatic carbocycles. The lowest BCUT2D eigenvalue weighted by Crippen LogP contribution is -2.24. The summed E-state index contributed by atoms with van der Waals surface area (Å²) in [7, 11) is -3.07. The van der Waals surface area contributed by atoms with Crippen LogP contribution in [0.1, 0.15) is 16.7 Å². The fourth-order valence-electron chi connectivity index (χ4n) is 1.44. The van der Waals surface area contributed by atoms with E-state index in [-0.39, 0.29) is 0 Å². The van der Waals surface area contributed by atoms with E-state index in [1.54, 1.807) is 0 Å². The maximum absolute atomic E-state index is 10.9. The Labute approximate surface area is 91.6 Å². The topological polar surface area (TPSA) is 46.2 Å². The van der Waals surface area contributed by atoms with Gasteiger partial charge >= 0.3 is 0 Å². The molecule has 0 aliphatic carbocycles. The lowest BCUT2D eigenvalue weighted by atomic mass is 10.0. The third-order valence-corrected chi connectivity index (χ3v) is 2.99. The van der Waals surface area contributed by atoms with Crippen molar-refractivity contribution in [2.24, 2.45) is 0 Å². The molecule has 0 saturated carbocycles. The first kappa shape index (κ1) is 12.2. The molecule has 4 heteroatoms. The number of sulfonamides is 1. The monoisotopic (exact) mass is 227 g/mol. The second-order valence-corrected chi connectivity index (χ2v) is 5.68. The minimum atomic E-state index is -3.07. The van der Waals surface area contributed by atoms with Crippen molar-refractivity contribution in [3.8, 4) is 0 Å². The molecule has 0 spiro atoms. The van der Waals surface area contributed by atoms with Gasteiger partial charge in [0, 0.05) is 6.54 Å². The average molecular weight is 227 g/mol. The summed E-state index contributed by atoms with van der Waals surface area (Å²) in [4.78, 5) is 0. The predicted octanol–water partition coefficient (Wildman–Crippen LogP) is 1.40. The lowest BCUT2D eigenvalue weighted by Gasteiger charge is -2.07. The quantitative estimate of drug-likeness (QED) is 0.845. The van der Waals surface area contributed by atoms with Gasteiger partial charge in [0.2, 0.25) is 10.0 Å². The van der Waals surface area contributed by atoms with Gasteiger partial charge in [-0.2, -0.15) is 0 Å². The Balaban J connectivity index is 2.61. The van der Waals surface area contributed by atoms with E-state index in [1.807, 2.05) is 13.8 Å². The molecule has 1 rings (SSSR count). The SMILES string of the molecule is Cc1ccc(C)c(CCNS(C)(=O)=O)c1. The highest BCUT2D eigenvalue weighted by Gasteiger charge is 2.02. The summed E-state index contributed by atoms with van der Waals surface area (Å²) in [6.07, 6.45) is 1.91. The van der Waals surface area contributed by atoms with Crippen LogP contribution in [-0.2, 0) is 16.4 Å². The number of benzene rings is 1. The molecule has 0 saturated heterocycles. The van der Waals surface area contributed by atoms with Gasteiger partial charge in [-0.25, -0.2) is 13.1 Å². The zero-order chi connectivity index (χ0) is 11.5. The van der Waals surface area contributed by atoms with Crippen LogP contribution in [0.3, 0.4) is 0 Å². The van der Waals surface area contributed by atoms with Crippen molar-refractivity contribution in [1.82, 2.24) is 4.72 Å². The summed E-state index contributed by atoms with van der Waals surface area (Å²) < 4.78 is 24.2. The molecule has 0 atom stereocenters. The molecule has 1 aromatic rings. The normalized spacial score (nSPS) is 11.7. The smallest absolute Gasteiger partial charge is 0.208 e. The Bertz CT molecular complexity index is 438. The molecular formula is C11H17NO2S. The van der Waals surface area contributed by atoms with Crippen molar-refractivity contribution in [3.63, 3.8) is 0 Å². The molecule has 3 nitrogen and oxygen atoms in total. The molecule has 0 unspecified atom stereocenters.